The average molecular weight is 265 g/mol. The largest absolute Gasteiger partial charge is 0.444 e. The van der Waals surface area contributed by atoms with Crippen molar-refractivity contribution in [3.63, 3.8) is 0 Å². The Bertz CT molecular complexity index is 302. The summed E-state index contributed by atoms with van der Waals surface area (Å²) in [6, 6.07) is 0. The number of hydrogen-bond acceptors (Lipinski definition) is 3. The number of ether oxygens (including phenoxy) is 1. The van der Waals surface area contributed by atoms with Gasteiger partial charge in [0.2, 0.25) is 0 Å². The topological polar surface area (TPSA) is 49.8 Å². The number of alkyl halides is 2. The molecule has 1 aliphatic heterocycles. The molecule has 0 radical (unpaired) electrons. The number of aliphatic hydroxyl groups excluding tert-OH is 1. The molecule has 1 amide bonds. The molecule has 1 aliphatic rings. The summed E-state index contributed by atoms with van der Waals surface area (Å²) in [5.74, 6) is -3.23. The molecule has 1 N–H and O–H groups in total. The number of amides is 1. The average Bonchev–Trinajstić information content (AvgIpc) is 2.34. The Balaban J connectivity index is 2.74. The number of halogens is 2. The fourth-order valence-electron chi connectivity index (χ4n) is 1.86. The molecule has 1 rings (SSSR count). The van der Waals surface area contributed by atoms with Crippen LogP contribution in [0.2, 0.25) is 0 Å². The first kappa shape index (κ1) is 15.1. The third kappa shape index (κ3) is 4.76. The summed E-state index contributed by atoms with van der Waals surface area (Å²) in [5.41, 5.74) is -0.715. The van der Waals surface area contributed by atoms with E-state index in [9.17, 15) is 13.6 Å². The van der Waals surface area contributed by atoms with Crippen molar-refractivity contribution in [1.82, 2.24) is 4.90 Å². The van der Waals surface area contributed by atoms with Gasteiger partial charge in [-0.05, 0) is 33.1 Å². The molecule has 106 valence electrons. The summed E-state index contributed by atoms with van der Waals surface area (Å²) in [6.45, 7) is 4.33. The quantitative estimate of drug-likeness (QED) is 0.791. The maximum Gasteiger partial charge on any atom is 0.410 e. The van der Waals surface area contributed by atoms with Crippen molar-refractivity contribution >= 4 is 6.09 Å². The van der Waals surface area contributed by atoms with E-state index < -0.39 is 24.2 Å². The van der Waals surface area contributed by atoms with Gasteiger partial charge in [-0.2, -0.15) is 0 Å². The predicted molar refractivity (Wildman–Crippen MR) is 62.6 cm³/mol. The maximum absolute atomic E-state index is 13.5. The van der Waals surface area contributed by atoms with E-state index in [1.54, 1.807) is 20.8 Å². The van der Waals surface area contributed by atoms with Crippen LogP contribution in [0.15, 0.2) is 0 Å². The van der Waals surface area contributed by atoms with Gasteiger partial charge >= 0.3 is 6.09 Å². The second-order valence-electron chi connectivity index (χ2n) is 5.80. The fourth-order valence-corrected chi connectivity index (χ4v) is 1.86. The third-order valence-electron chi connectivity index (χ3n) is 2.73. The van der Waals surface area contributed by atoms with Crippen LogP contribution >= 0.6 is 0 Å². The van der Waals surface area contributed by atoms with Gasteiger partial charge in [-0.15, -0.1) is 0 Å². The second kappa shape index (κ2) is 5.38. The molecule has 0 aromatic carbocycles. The highest BCUT2D eigenvalue weighted by atomic mass is 19.3. The molecular weight excluding hydrogens is 244 g/mol. The first-order valence-electron chi connectivity index (χ1n) is 6.09. The SMILES string of the molecule is CC(C)(C)OC(=O)N1C[C@H](CO)CCC(F)(F)C1. The van der Waals surface area contributed by atoms with E-state index in [0.717, 1.165) is 4.90 Å². The van der Waals surface area contributed by atoms with Gasteiger partial charge in [0.1, 0.15) is 5.60 Å². The van der Waals surface area contributed by atoms with Crippen LogP contribution in [-0.4, -0.2) is 47.3 Å². The van der Waals surface area contributed by atoms with Crippen LogP contribution in [0.4, 0.5) is 13.6 Å². The number of carbonyl (C=O) groups excluding carboxylic acids is 1. The lowest BCUT2D eigenvalue weighted by Crippen LogP contribution is -2.43. The summed E-state index contributed by atoms with van der Waals surface area (Å²) >= 11 is 0. The highest BCUT2D eigenvalue weighted by Crippen LogP contribution is 2.29. The van der Waals surface area contributed by atoms with Crippen LogP contribution < -0.4 is 0 Å². The van der Waals surface area contributed by atoms with Gasteiger partial charge in [0.05, 0.1) is 6.54 Å². The summed E-state index contributed by atoms with van der Waals surface area (Å²) in [7, 11) is 0. The van der Waals surface area contributed by atoms with Crippen molar-refractivity contribution in [2.45, 2.75) is 45.1 Å². The van der Waals surface area contributed by atoms with Gasteiger partial charge < -0.3 is 14.7 Å². The molecule has 0 aliphatic carbocycles. The summed E-state index contributed by atoms with van der Waals surface area (Å²) in [4.78, 5) is 12.8. The third-order valence-corrected chi connectivity index (χ3v) is 2.73. The van der Waals surface area contributed by atoms with Gasteiger partial charge in [0, 0.05) is 19.6 Å². The van der Waals surface area contributed by atoms with Crippen molar-refractivity contribution in [2.24, 2.45) is 5.92 Å². The lowest BCUT2D eigenvalue weighted by Gasteiger charge is -2.29. The standard InChI is InChI=1S/C12H21F2NO3/c1-11(2,3)18-10(17)15-6-9(7-16)4-5-12(13,14)8-15/h9,16H,4-8H2,1-3H3/t9-/m1/s1. The smallest absolute Gasteiger partial charge is 0.410 e. The second-order valence-corrected chi connectivity index (χ2v) is 5.80. The Labute approximate surface area is 106 Å². The van der Waals surface area contributed by atoms with E-state index in [0.29, 0.717) is 0 Å². The first-order valence-corrected chi connectivity index (χ1v) is 6.09. The van der Waals surface area contributed by atoms with Crippen molar-refractivity contribution in [3.8, 4) is 0 Å². The highest BCUT2D eigenvalue weighted by molar-refractivity contribution is 5.68. The molecule has 4 nitrogen and oxygen atoms in total. The molecule has 0 spiro atoms. The zero-order valence-corrected chi connectivity index (χ0v) is 11.1. The van der Waals surface area contributed by atoms with Crippen LogP contribution in [0.3, 0.4) is 0 Å². The van der Waals surface area contributed by atoms with Gasteiger partial charge in [-0.25, -0.2) is 13.6 Å². The monoisotopic (exact) mass is 265 g/mol. The molecule has 1 atom stereocenters. The molecule has 0 aromatic rings. The van der Waals surface area contributed by atoms with E-state index in [1.807, 2.05) is 0 Å². The molecule has 0 unspecified atom stereocenters. The number of rotatable bonds is 1. The Morgan fingerprint density at radius 3 is 2.61 bits per heavy atom. The number of likely N-dealkylation sites (tertiary alicyclic amines) is 1. The molecule has 0 saturated carbocycles. The highest BCUT2D eigenvalue weighted by Gasteiger charge is 2.39. The van der Waals surface area contributed by atoms with E-state index in [-0.39, 0.29) is 31.9 Å². The minimum absolute atomic E-state index is 0.112. The lowest BCUT2D eigenvalue weighted by atomic mass is 10.0. The van der Waals surface area contributed by atoms with Crippen LogP contribution in [0.25, 0.3) is 0 Å². The van der Waals surface area contributed by atoms with Gasteiger partial charge in [-0.1, -0.05) is 0 Å². The van der Waals surface area contributed by atoms with E-state index in [1.165, 1.54) is 0 Å². The molecule has 0 bridgehead atoms. The Hall–Kier alpha value is -0.910. The Morgan fingerprint density at radius 1 is 1.50 bits per heavy atom. The molecule has 1 fully saturated rings. The minimum Gasteiger partial charge on any atom is -0.444 e. The van der Waals surface area contributed by atoms with Crippen LogP contribution in [0.5, 0.6) is 0 Å². The van der Waals surface area contributed by atoms with E-state index in [2.05, 4.69) is 0 Å². The molecule has 6 heteroatoms. The maximum atomic E-state index is 13.5. The van der Waals surface area contributed by atoms with Gasteiger partial charge in [0.25, 0.3) is 5.92 Å². The number of hydrogen-bond donors (Lipinski definition) is 1. The summed E-state index contributed by atoms with van der Waals surface area (Å²) < 4.78 is 32.1. The predicted octanol–water partition coefficient (Wildman–Crippen LogP) is 2.26. The number of aliphatic hydroxyl groups is 1. The molecule has 18 heavy (non-hydrogen) atoms. The zero-order valence-electron chi connectivity index (χ0n) is 11.1. The van der Waals surface area contributed by atoms with E-state index >= 15 is 0 Å². The van der Waals surface area contributed by atoms with Crippen LogP contribution in [0, 0.1) is 5.92 Å². The van der Waals surface area contributed by atoms with Crippen molar-refractivity contribution in [1.29, 1.82) is 0 Å². The number of carbonyl (C=O) groups is 1. The van der Waals surface area contributed by atoms with Crippen LogP contribution in [-0.2, 0) is 4.74 Å². The fraction of sp³-hybridized carbons (Fsp3) is 0.917. The molecular formula is C12H21F2NO3. The Morgan fingerprint density at radius 2 is 2.11 bits per heavy atom. The number of nitrogens with zero attached hydrogens (tertiary/aromatic N) is 1. The van der Waals surface area contributed by atoms with Crippen molar-refractivity contribution < 1.29 is 23.4 Å². The first-order chi connectivity index (χ1) is 8.13. The summed E-state index contributed by atoms with van der Waals surface area (Å²) in [6.07, 6.45) is -0.845. The summed E-state index contributed by atoms with van der Waals surface area (Å²) in [5, 5.41) is 9.09. The molecule has 1 heterocycles. The van der Waals surface area contributed by atoms with Crippen LogP contribution in [0.1, 0.15) is 33.6 Å². The normalized spacial score (nSPS) is 24.6. The van der Waals surface area contributed by atoms with Gasteiger partial charge in [0.15, 0.2) is 0 Å². The lowest BCUT2D eigenvalue weighted by molar-refractivity contribution is -0.0389. The van der Waals surface area contributed by atoms with Crippen molar-refractivity contribution in [3.05, 3.63) is 0 Å². The molecule has 0 aromatic heterocycles. The Kier molecular flexibility index (Phi) is 4.53. The van der Waals surface area contributed by atoms with E-state index in [4.69, 9.17) is 9.84 Å². The van der Waals surface area contributed by atoms with Gasteiger partial charge in [-0.3, -0.25) is 0 Å². The van der Waals surface area contributed by atoms with Crippen molar-refractivity contribution in [2.75, 3.05) is 19.7 Å². The zero-order chi connectivity index (χ0) is 14.0. The molecule has 1 saturated heterocycles. The minimum atomic E-state index is -2.92.